The molecule has 0 saturated carbocycles. The largest absolute Gasteiger partial charge is 0.455 e. The Labute approximate surface area is 82.1 Å². The lowest BCUT2D eigenvalue weighted by atomic mass is 10.3. The molecule has 3 heteroatoms. The Balaban J connectivity index is 2.73. The molecule has 1 aliphatic rings. The van der Waals surface area contributed by atoms with Gasteiger partial charge in [-0.2, -0.15) is 0 Å². The van der Waals surface area contributed by atoms with Crippen molar-refractivity contribution in [1.29, 1.82) is 0 Å². The van der Waals surface area contributed by atoms with Gasteiger partial charge in [0.25, 0.3) is 5.78 Å². The zero-order chi connectivity index (χ0) is 10.2. The summed E-state index contributed by atoms with van der Waals surface area (Å²) in [5.74, 6) is -1.48. The minimum Gasteiger partial charge on any atom is -0.455 e. The molecule has 0 aromatic carbocycles. The monoisotopic (exact) mass is 190 g/mol. The Morgan fingerprint density at radius 3 is 2.36 bits per heavy atom. The molecule has 0 amide bonds. The van der Waals surface area contributed by atoms with Crippen molar-refractivity contribution in [2.75, 3.05) is 6.61 Å². The highest BCUT2D eigenvalue weighted by atomic mass is 16.5. The van der Waals surface area contributed by atoms with Gasteiger partial charge < -0.3 is 4.74 Å². The van der Waals surface area contributed by atoms with Crippen LogP contribution >= 0.6 is 0 Å². The highest BCUT2D eigenvalue weighted by Gasteiger charge is 2.09. The molecular formula is C11H10O3. The van der Waals surface area contributed by atoms with Crippen molar-refractivity contribution in [3.05, 3.63) is 48.6 Å². The minimum atomic E-state index is -0.830. The standard InChI is InChI=1S/C11H10O3/c12-10-8-6-4-2-1-3-5-7-9-14-11(10)13/h1-8H,9H2. The number of cyclic esters (lactones) is 1. The highest BCUT2D eigenvalue weighted by Crippen LogP contribution is 1.89. The Morgan fingerprint density at radius 2 is 1.57 bits per heavy atom. The van der Waals surface area contributed by atoms with Crippen molar-refractivity contribution >= 4 is 11.8 Å². The van der Waals surface area contributed by atoms with E-state index in [4.69, 9.17) is 0 Å². The van der Waals surface area contributed by atoms with Gasteiger partial charge in [0, 0.05) is 0 Å². The molecular weight excluding hydrogens is 180 g/mol. The highest BCUT2D eigenvalue weighted by molar-refractivity contribution is 6.38. The molecule has 0 aliphatic carbocycles. The van der Waals surface area contributed by atoms with Gasteiger partial charge in [-0.3, -0.25) is 4.79 Å². The van der Waals surface area contributed by atoms with Crippen LogP contribution in [0.1, 0.15) is 0 Å². The van der Waals surface area contributed by atoms with E-state index in [9.17, 15) is 9.59 Å². The quantitative estimate of drug-likeness (QED) is 0.427. The first-order valence-electron chi connectivity index (χ1n) is 4.18. The molecule has 0 atom stereocenters. The average molecular weight is 190 g/mol. The maximum Gasteiger partial charge on any atom is 0.379 e. The van der Waals surface area contributed by atoms with Crippen LogP contribution in [0.4, 0.5) is 0 Å². The predicted molar refractivity (Wildman–Crippen MR) is 52.5 cm³/mol. The summed E-state index contributed by atoms with van der Waals surface area (Å²) in [6, 6.07) is 0. The van der Waals surface area contributed by atoms with E-state index >= 15 is 0 Å². The lowest BCUT2D eigenvalue weighted by Gasteiger charge is -1.96. The van der Waals surface area contributed by atoms with E-state index < -0.39 is 11.8 Å². The Kier molecular flexibility index (Phi) is 4.14. The van der Waals surface area contributed by atoms with Gasteiger partial charge >= 0.3 is 5.97 Å². The van der Waals surface area contributed by atoms with Gasteiger partial charge in [-0.15, -0.1) is 0 Å². The maximum atomic E-state index is 11.0. The van der Waals surface area contributed by atoms with Gasteiger partial charge in [0.15, 0.2) is 0 Å². The molecule has 0 fully saturated rings. The molecule has 0 aromatic heterocycles. The molecule has 1 aliphatic heterocycles. The molecule has 0 N–H and O–H groups in total. The lowest BCUT2D eigenvalue weighted by molar-refractivity contribution is -0.150. The first kappa shape index (κ1) is 10.2. The second kappa shape index (κ2) is 5.70. The second-order valence-corrected chi connectivity index (χ2v) is 2.52. The van der Waals surface area contributed by atoms with E-state index in [0.29, 0.717) is 0 Å². The van der Waals surface area contributed by atoms with Gasteiger partial charge in [0.1, 0.15) is 6.61 Å². The lowest BCUT2D eigenvalue weighted by Crippen LogP contribution is -2.14. The van der Waals surface area contributed by atoms with Crippen molar-refractivity contribution in [3.63, 3.8) is 0 Å². The summed E-state index contributed by atoms with van der Waals surface area (Å²) < 4.78 is 4.64. The minimum absolute atomic E-state index is 0.118. The predicted octanol–water partition coefficient (Wildman–Crippen LogP) is 1.34. The Bertz CT molecular complexity index is 332. The number of carbonyl (C=O) groups excluding carboxylic acids is 2. The number of ketones is 1. The number of rotatable bonds is 0. The molecule has 0 spiro atoms. The average Bonchev–Trinajstić information content (AvgIpc) is 2.18. The number of carbonyl (C=O) groups is 2. The van der Waals surface area contributed by atoms with Crippen LogP contribution in [-0.2, 0) is 14.3 Å². The smallest absolute Gasteiger partial charge is 0.379 e. The van der Waals surface area contributed by atoms with Gasteiger partial charge in [0.2, 0.25) is 0 Å². The first-order valence-corrected chi connectivity index (χ1v) is 4.18. The van der Waals surface area contributed by atoms with Crippen LogP contribution in [0.25, 0.3) is 0 Å². The normalized spacial score (nSPS) is 17.4. The zero-order valence-corrected chi connectivity index (χ0v) is 7.55. The summed E-state index contributed by atoms with van der Waals surface area (Å²) in [7, 11) is 0. The summed E-state index contributed by atoms with van der Waals surface area (Å²) in [6.45, 7) is 0.118. The second-order valence-electron chi connectivity index (χ2n) is 2.52. The number of hydrogen-bond donors (Lipinski definition) is 0. The third kappa shape index (κ3) is 3.67. The zero-order valence-electron chi connectivity index (χ0n) is 7.55. The molecule has 0 unspecified atom stereocenters. The topological polar surface area (TPSA) is 43.4 Å². The summed E-state index contributed by atoms with van der Waals surface area (Å²) in [6.07, 6.45) is 13.1. The third-order valence-corrected chi connectivity index (χ3v) is 1.45. The number of allylic oxidation sites excluding steroid dienone is 6. The molecule has 14 heavy (non-hydrogen) atoms. The Hall–Kier alpha value is -1.90. The fourth-order valence-corrected chi connectivity index (χ4v) is 0.797. The molecule has 72 valence electrons. The van der Waals surface area contributed by atoms with Crippen LogP contribution in [0, 0.1) is 0 Å². The summed E-state index contributed by atoms with van der Waals surface area (Å²) in [5, 5.41) is 0. The molecule has 1 heterocycles. The van der Waals surface area contributed by atoms with Gasteiger partial charge in [-0.1, -0.05) is 36.5 Å². The van der Waals surface area contributed by atoms with Crippen molar-refractivity contribution in [2.45, 2.75) is 0 Å². The fourth-order valence-electron chi connectivity index (χ4n) is 0.797. The Morgan fingerprint density at radius 1 is 0.929 bits per heavy atom. The van der Waals surface area contributed by atoms with E-state index in [-0.39, 0.29) is 6.61 Å². The van der Waals surface area contributed by atoms with E-state index in [1.54, 1.807) is 24.3 Å². The summed E-state index contributed by atoms with van der Waals surface area (Å²) in [4.78, 5) is 21.9. The van der Waals surface area contributed by atoms with E-state index in [1.807, 2.05) is 12.2 Å². The van der Waals surface area contributed by atoms with Gasteiger partial charge in [-0.25, -0.2) is 4.79 Å². The van der Waals surface area contributed by atoms with E-state index in [2.05, 4.69) is 4.74 Å². The van der Waals surface area contributed by atoms with Gasteiger partial charge in [-0.05, 0) is 12.2 Å². The van der Waals surface area contributed by atoms with Crippen molar-refractivity contribution in [3.8, 4) is 0 Å². The van der Waals surface area contributed by atoms with Gasteiger partial charge in [0.05, 0.1) is 0 Å². The van der Waals surface area contributed by atoms with Crippen LogP contribution < -0.4 is 0 Å². The van der Waals surface area contributed by atoms with Crippen LogP contribution in [0.2, 0.25) is 0 Å². The van der Waals surface area contributed by atoms with E-state index in [1.165, 1.54) is 12.2 Å². The van der Waals surface area contributed by atoms with Crippen LogP contribution in [0.15, 0.2) is 48.6 Å². The van der Waals surface area contributed by atoms with E-state index in [0.717, 1.165) is 0 Å². The number of hydrogen-bond acceptors (Lipinski definition) is 3. The molecule has 0 aromatic rings. The third-order valence-electron chi connectivity index (χ3n) is 1.45. The van der Waals surface area contributed by atoms with Crippen molar-refractivity contribution in [2.24, 2.45) is 0 Å². The number of ether oxygens (including phenoxy) is 1. The van der Waals surface area contributed by atoms with Crippen LogP contribution in [0.5, 0.6) is 0 Å². The molecule has 0 saturated heterocycles. The molecule has 0 radical (unpaired) electrons. The molecule has 1 rings (SSSR count). The maximum absolute atomic E-state index is 11.0. The molecule has 0 bridgehead atoms. The summed E-state index contributed by atoms with van der Waals surface area (Å²) in [5.41, 5.74) is 0. The van der Waals surface area contributed by atoms with Crippen LogP contribution in [-0.4, -0.2) is 18.4 Å². The van der Waals surface area contributed by atoms with Crippen molar-refractivity contribution in [1.82, 2.24) is 0 Å². The fraction of sp³-hybridized carbons (Fsp3) is 0.0909. The molecule has 3 nitrogen and oxygen atoms in total. The SMILES string of the molecule is O=C1C=CC=CC=CC=CCOC1=O. The summed E-state index contributed by atoms with van der Waals surface area (Å²) >= 11 is 0. The van der Waals surface area contributed by atoms with Crippen molar-refractivity contribution < 1.29 is 14.3 Å². The van der Waals surface area contributed by atoms with Crippen LogP contribution in [0.3, 0.4) is 0 Å². The number of esters is 1. The first-order chi connectivity index (χ1) is 6.80.